The highest BCUT2D eigenvalue weighted by Gasteiger charge is 2.53. The van der Waals surface area contributed by atoms with Crippen LogP contribution in [0.25, 0.3) is 0 Å². The molecule has 0 spiro atoms. The summed E-state index contributed by atoms with van der Waals surface area (Å²) in [6.45, 7) is 1.70. The van der Waals surface area contributed by atoms with Gasteiger partial charge >= 0.3 is 12.1 Å². The van der Waals surface area contributed by atoms with Gasteiger partial charge in [-0.25, -0.2) is 0 Å². The minimum absolute atomic E-state index is 0.0271. The molecule has 1 heterocycles. The smallest absolute Gasteiger partial charge is 0.416 e. The maximum atomic E-state index is 14.8. The van der Waals surface area contributed by atoms with Crippen LogP contribution >= 0.6 is 15.9 Å². The summed E-state index contributed by atoms with van der Waals surface area (Å²) >= 11 is 3.18. The second-order valence-corrected chi connectivity index (χ2v) is 14.1. The first-order valence-electron chi connectivity index (χ1n) is 17.9. The molecule has 11 heteroatoms. The highest BCUT2D eigenvalue weighted by molar-refractivity contribution is 9.10. The Hall–Kier alpha value is -4.36. The molecule has 6 rings (SSSR count). The van der Waals surface area contributed by atoms with E-state index in [9.17, 15) is 18.0 Å². The Morgan fingerprint density at radius 3 is 1.58 bits per heavy atom. The minimum atomic E-state index is -4.80. The van der Waals surface area contributed by atoms with E-state index < -0.39 is 54.3 Å². The molecule has 0 bridgehead atoms. The summed E-state index contributed by atoms with van der Waals surface area (Å²) in [7, 11) is 0. The first-order valence-corrected chi connectivity index (χ1v) is 18.7. The largest absolute Gasteiger partial charge is 0.455 e. The van der Waals surface area contributed by atoms with Gasteiger partial charge in [0.2, 0.25) is 0 Å². The van der Waals surface area contributed by atoms with Crippen molar-refractivity contribution in [2.24, 2.45) is 0 Å². The van der Waals surface area contributed by atoms with E-state index in [1.807, 2.05) is 121 Å². The lowest BCUT2D eigenvalue weighted by Crippen LogP contribution is -2.62. The van der Waals surface area contributed by atoms with Crippen LogP contribution in [0.4, 0.5) is 13.2 Å². The maximum Gasteiger partial charge on any atom is 0.416 e. The molecule has 55 heavy (non-hydrogen) atoms. The van der Waals surface area contributed by atoms with Crippen molar-refractivity contribution in [1.82, 2.24) is 0 Å². The summed E-state index contributed by atoms with van der Waals surface area (Å²) in [4.78, 5) is 12.8. The van der Waals surface area contributed by atoms with Gasteiger partial charge in [-0.3, -0.25) is 4.79 Å². The van der Waals surface area contributed by atoms with Crippen LogP contribution in [0.3, 0.4) is 0 Å². The minimum Gasteiger partial charge on any atom is -0.455 e. The molecule has 5 aromatic rings. The standard InChI is InChI=1S/C44H42BrF3O7/c1-30(49)54-39(36-23-22-35(45)24-37(36)44(46,47)48)43-42(53-28-34-20-12-5-13-21-34)41(52-27-33-18-10-4-11-19-33)40(51-26-32-16-8-3-9-17-32)38(55-43)29-50-25-31-14-6-2-7-15-31/h2-24,38-43H,25-29H2,1H3/t38-,39?,40-,41+,42+,43-/m1/s1. The van der Waals surface area contributed by atoms with Gasteiger partial charge in [0.15, 0.2) is 6.10 Å². The number of carbonyl (C=O) groups excluding carboxylic acids is 1. The van der Waals surface area contributed by atoms with Gasteiger partial charge in [-0.2, -0.15) is 13.2 Å². The Bertz CT molecular complexity index is 1920. The van der Waals surface area contributed by atoms with E-state index in [1.54, 1.807) is 0 Å². The van der Waals surface area contributed by atoms with Crippen molar-refractivity contribution < 1.29 is 46.4 Å². The van der Waals surface area contributed by atoms with E-state index in [0.717, 1.165) is 35.2 Å². The van der Waals surface area contributed by atoms with E-state index in [0.29, 0.717) is 0 Å². The maximum absolute atomic E-state index is 14.8. The number of alkyl halides is 3. The zero-order valence-corrected chi connectivity index (χ0v) is 31.7. The Morgan fingerprint density at radius 1 is 0.655 bits per heavy atom. The third-order valence-electron chi connectivity index (χ3n) is 9.14. The summed E-state index contributed by atoms with van der Waals surface area (Å²) < 4.78 is 83.5. The van der Waals surface area contributed by atoms with E-state index in [1.165, 1.54) is 12.1 Å². The van der Waals surface area contributed by atoms with Crippen LogP contribution in [-0.4, -0.2) is 43.1 Å². The molecule has 0 aromatic heterocycles. The van der Waals surface area contributed by atoms with Gasteiger partial charge < -0.3 is 28.4 Å². The Kier molecular flexibility index (Phi) is 14.3. The van der Waals surface area contributed by atoms with Crippen molar-refractivity contribution in [2.75, 3.05) is 6.61 Å². The summed E-state index contributed by atoms with van der Waals surface area (Å²) in [6, 6.07) is 41.7. The number of rotatable bonds is 16. The molecule has 1 unspecified atom stereocenters. The monoisotopic (exact) mass is 818 g/mol. The fourth-order valence-electron chi connectivity index (χ4n) is 6.58. The van der Waals surface area contributed by atoms with Gasteiger partial charge in [0.05, 0.1) is 38.6 Å². The van der Waals surface area contributed by atoms with Crippen LogP contribution in [-0.2, 0) is 65.8 Å². The van der Waals surface area contributed by atoms with Gasteiger partial charge in [-0.15, -0.1) is 0 Å². The van der Waals surface area contributed by atoms with Gasteiger partial charge in [-0.05, 0) is 34.4 Å². The van der Waals surface area contributed by atoms with Crippen LogP contribution in [0, 0.1) is 0 Å². The number of hydrogen-bond acceptors (Lipinski definition) is 7. The average molecular weight is 820 g/mol. The van der Waals surface area contributed by atoms with Crippen LogP contribution in [0.2, 0.25) is 0 Å². The number of carbonyl (C=O) groups is 1. The highest BCUT2D eigenvalue weighted by atomic mass is 79.9. The molecule has 1 aliphatic heterocycles. The molecule has 0 aliphatic carbocycles. The fraction of sp³-hybridized carbons (Fsp3) is 0.295. The van der Waals surface area contributed by atoms with Crippen molar-refractivity contribution in [3.05, 3.63) is 177 Å². The predicted octanol–water partition coefficient (Wildman–Crippen LogP) is 9.81. The molecule has 288 valence electrons. The van der Waals surface area contributed by atoms with Gasteiger partial charge in [0, 0.05) is 17.0 Å². The molecule has 1 aliphatic rings. The van der Waals surface area contributed by atoms with Crippen LogP contribution in [0.15, 0.2) is 144 Å². The quantitative estimate of drug-likeness (QED) is 0.0919. The molecule has 1 saturated heterocycles. The number of esters is 1. The first-order chi connectivity index (χ1) is 26.7. The Balaban J connectivity index is 1.45. The zero-order valence-electron chi connectivity index (χ0n) is 30.1. The second-order valence-electron chi connectivity index (χ2n) is 13.2. The van der Waals surface area contributed by atoms with E-state index in [-0.39, 0.29) is 43.1 Å². The van der Waals surface area contributed by atoms with E-state index in [2.05, 4.69) is 15.9 Å². The molecule has 5 aromatic carbocycles. The van der Waals surface area contributed by atoms with Crippen molar-refractivity contribution in [3.63, 3.8) is 0 Å². The number of halogens is 4. The number of ether oxygens (including phenoxy) is 6. The summed E-state index contributed by atoms with van der Waals surface area (Å²) in [5, 5.41) is 0. The third kappa shape index (κ3) is 11.3. The van der Waals surface area contributed by atoms with Crippen molar-refractivity contribution in [2.45, 2.75) is 76.2 Å². The molecule has 0 N–H and O–H groups in total. The molecular weight excluding hydrogens is 777 g/mol. The molecule has 6 atom stereocenters. The van der Waals surface area contributed by atoms with Gasteiger partial charge in [0.1, 0.15) is 30.5 Å². The zero-order chi connectivity index (χ0) is 38.6. The number of benzene rings is 5. The molecule has 0 amide bonds. The lowest BCUT2D eigenvalue weighted by molar-refractivity contribution is -0.289. The average Bonchev–Trinajstić information content (AvgIpc) is 3.19. The first kappa shape index (κ1) is 40.3. The molecule has 7 nitrogen and oxygen atoms in total. The van der Waals surface area contributed by atoms with Crippen molar-refractivity contribution in [3.8, 4) is 0 Å². The topological polar surface area (TPSA) is 72.5 Å². The van der Waals surface area contributed by atoms with Crippen molar-refractivity contribution in [1.29, 1.82) is 0 Å². The van der Waals surface area contributed by atoms with E-state index >= 15 is 0 Å². The summed E-state index contributed by atoms with van der Waals surface area (Å²) in [5.74, 6) is -0.799. The van der Waals surface area contributed by atoms with Crippen LogP contribution in [0.5, 0.6) is 0 Å². The van der Waals surface area contributed by atoms with Gasteiger partial charge in [0.25, 0.3) is 0 Å². The normalized spacial score (nSPS) is 20.5. The fourth-order valence-corrected chi connectivity index (χ4v) is 6.94. The molecule has 1 fully saturated rings. The highest BCUT2D eigenvalue weighted by Crippen LogP contribution is 2.43. The summed E-state index contributed by atoms with van der Waals surface area (Å²) in [5.41, 5.74) is 2.19. The Labute approximate surface area is 327 Å². The molecule has 0 saturated carbocycles. The second kappa shape index (κ2) is 19.5. The van der Waals surface area contributed by atoms with Crippen molar-refractivity contribution >= 4 is 21.9 Å². The Morgan fingerprint density at radius 2 is 1.11 bits per heavy atom. The van der Waals surface area contributed by atoms with Crippen LogP contribution in [0.1, 0.15) is 46.4 Å². The van der Waals surface area contributed by atoms with Gasteiger partial charge in [-0.1, -0.05) is 143 Å². The summed E-state index contributed by atoms with van der Waals surface area (Å²) in [6.07, 6.45) is -11.5. The SMILES string of the molecule is CC(=O)OC(c1ccc(Br)cc1C(F)(F)F)[C@H]1O[C@H](COCc2ccccc2)[C@@H](OCc2ccccc2)[C@H](OCc2ccccc2)[C@@H]1OCc1ccccc1. The number of hydrogen-bond donors (Lipinski definition) is 0. The molecular formula is C44H42BrF3O7. The third-order valence-corrected chi connectivity index (χ3v) is 9.63. The lowest BCUT2D eigenvalue weighted by atomic mass is 9.87. The van der Waals surface area contributed by atoms with E-state index in [4.69, 9.17) is 28.4 Å². The molecule has 0 radical (unpaired) electrons. The lowest BCUT2D eigenvalue weighted by Gasteiger charge is -2.48. The van der Waals surface area contributed by atoms with Crippen LogP contribution < -0.4 is 0 Å². The predicted molar refractivity (Wildman–Crippen MR) is 203 cm³/mol.